The Labute approximate surface area is 199 Å². The van der Waals surface area contributed by atoms with Gasteiger partial charge in [0.2, 0.25) is 11.9 Å². The van der Waals surface area contributed by atoms with Crippen molar-refractivity contribution in [1.82, 2.24) is 14.9 Å². The van der Waals surface area contributed by atoms with Gasteiger partial charge in [-0.05, 0) is 49.9 Å². The third-order valence-electron chi connectivity index (χ3n) is 6.61. The van der Waals surface area contributed by atoms with Gasteiger partial charge in [0.05, 0.1) is 0 Å². The highest BCUT2D eigenvalue weighted by Gasteiger charge is 2.27. The average molecular weight is 468 g/mol. The highest BCUT2D eigenvalue weighted by Crippen LogP contribution is 2.29. The van der Waals surface area contributed by atoms with Crippen molar-refractivity contribution >= 4 is 35.0 Å². The topological polar surface area (TPSA) is 128 Å². The lowest BCUT2D eigenvalue weighted by Crippen LogP contribution is -2.48. The maximum absolute atomic E-state index is 12.1. The molecule has 3 heterocycles. The van der Waals surface area contributed by atoms with E-state index in [0.717, 1.165) is 63.4 Å². The minimum absolute atomic E-state index is 0.0827. The van der Waals surface area contributed by atoms with Crippen LogP contribution in [0.5, 0.6) is 0 Å². The zero-order valence-electron chi connectivity index (χ0n) is 19.6. The molecule has 34 heavy (non-hydrogen) atoms. The molecule has 0 saturated carbocycles. The lowest BCUT2D eigenvalue weighted by atomic mass is 9.99. The molecule has 2 aliphatic heterocycles. The molecule has 0 spiro atoms. The molecule has 2 fully saturated rings. The summed E-state index contributed by atoms with van der Waals surface area (Å²) >= 11 is 0. The number of carbonyl (C=O) groups excluding carboxylic acids is 2. The summed E-state index contributed by atoms with van der Waals surface area (Å²) in [4.78, 5) is 38.8. The van der Waals surface area contributed by atoms with E-state index in [4.69, 9.17) is 5.73 Å². The summed E-state index contributed by atoms with van der Waals surface area (Å²) in [5, 5.41) is 12.7. The molecule has 0 aliphatic carbocycles. The lowest BCUT2D eigenvalue weighted by Gasteiger charge is -2.37. The highest BCUT2D eigenvalue weighted by molar-refractivity contribution is 5.97. The van der Waals surface area contributed by atoms with E-state index in [0.29, 0.717) is 18.2 Å². The van der Waals surface area contributed by atoms with Crippen LogP contribution in [0.3, 0.4) is 0 Å². The Morgan fingerprint density at radius 1 is 1.12 bits per heavy atom. The summed E-state index contributed by atoms with van der Waals surface area (Å²) in [6.07, 6.45) is 5.11. The van der Waals surface area contributed by atoms with Crippen LogP contribution in [0, 0.1) is 0 Å². The van der Waals surface area contributed by atoms with Gasteiger partial charge in [0.25, 0.3) is 5.91 Å². The van der Waals surface area contributed by atoms with E-state index in [1.807, 2.05) is 29.2 Å². The van der Waals surface area contributed by atoms with Crippen LogP contribution < -0.4 is 20.9 Å². The number of nitrogens with two attached hydrogens (primary N) is 1. The molecule has 10 heteroatoms. The maximum Gasteiger partial charge on any atom is 0.254 e. The summed E-state index contributed by atoms with van der Waals surface area (Å²) in [6.45, 7) is 5.51. The fourth-order valence-electron chi connectivity index (χ4n) is 4.72. The third kappa shape index (κ3) is 5.39. The van der Waals surface area contributed by atoms with Crippen molar-refractivity contribution in [1.29, 1.82) is 0 Å². The number of aliphatic hydroxyl groups excluding tert-OH is 1. The second-order valence-electron chi connectivity index (χ2n) is 8.82. The van der Waals surface area contributed by atoms with Gasteiger partial charge >= 0.3 is 0 Å². The van der Waals surface area contributed by atoms with Crippen molar-refractivity contribution in [3.05, 3.63) is 36.0 Å². The quantitative estimate of drug-likeness (QED) is 0.562. The first kappa shape index (κ1) is 23.7. The Hall–Kier alpha value is -3.40. The molecule has 182 valence electrons. The van der Waals surface area contributed by atoms with Crippen molar-refractivity contribution in [3.63, 3.8) is 0 Å². The Kier molecular flexibility index (Phi) is 7.46. The first-order chi connectivity index (χ1) is 16.5. The van der Waals surface area contributed by atoms with E-state index in [1.165, 1.54) is 6.20 Å². The van der Waals surface area contributed by atoms with Gasteiger partial charge in [0.1, 0.15) is 11.4 Å². The van der Waals surface area contributed by atoms with E-state index in [9.17, 15) is 14.7 Å². The molecule has 0 radical (unpaired) electrons. The number of hydrogen-bond donors (Lipinski definition) is 3. The first-order valence-corrected chi connectivity index (χ1v) is 11.9. The van der Waals surface area contributed by atoms with Gasteiger partial charge in [0, 0.05) is 69.9 Å². The second kappa shape index (κ2) is 10.7. The maximum atomic E-state index is 12.1. The number of piperidine rings is 1. The number of anilines is 4. The van der Waals surface area contributed by atoms with Crippen molar-refractivity contribution < 1.29 is 14.7 Å². The number of piperazine rings is 1. The van der Waals surface area contributed by atoms with Crippen LogP contribution in [0.25, 0.3) is 0 Å². The number of aromatic nitrogens is 2. The number of primary amides is 1. The van der Waals surface area contributed by atoms with Crippen LogP contribution >= 0.6 is 0 Å². The number of hydrogen-bond acceptors (Lipinski definition) is 8. The Morgan fingerprint density at radius 2 is 1.85 bits per heavy atom. The molecule has 2 aliphatic rings. The average Bonchev–Trinajstić information content (AvgIpc) is 2.85. The molecule has 2 saturated heterocycles. The van der Waals surface area contributed by atoms with Gasteiger partial charge < -0.3 is 30.9 Å². The third-order valence-corrected chi connectivity index (χ3v) is 6.61. The predicted molar refractivity (Wildman–Crippen MR) is 131 cm³/mol. The summed E-state index contributed by atoms with van der Waals surface area (Å²) in [6, 6.07) is 8.11. The van der Waals surface area contributed by atoms with Crippen molar-refractivity contribution in [2.24, 2.45) is 5.73 Å². The summed E-state index contributed by atoms with van der Waals surface area (Å²) < 4.78 is 0. The molecule has 0 bridgehead atoms. The fraction of sp³-hybridized carbons (Fsp3) is 0.500. The number of rotatable bonds is 7. The van der Waals surface area contributed by atoms with Crippen LogP contribution in [-0.2, 0) is 4.79 Å². The van der Waals surface area contributed by atoms with Crippen LogP contribution in [0.2, 0.25) is 0 Å². The van der Waals surface area contributed by atoms with E-state index in [-0.39, 0.29) is 24.1 Å². The van der Waals surface area contributed by atoms with Crippen LogP contribution in [0.4, 0.5) is 23.1 Å². The van der Waals surface area contributed by atoms with Crippen LogP contribution in [-0.4, -0.2) is 77.2 Å². The van der Waals surface area contributed by atoms with Crippen LogP contribution in [0.1, 0.15) is 43.0 Å². The molecule has 4 N–H and O–H groups in total. The normalized spacial score (nSPS) is 18.6. The second-order valence-corrected chi connectivity index (χ2v) is 8.82. The molecule has 1 atom stereocenters. The molecule has 2 aromatic rings. The number of nitrogens with one attached hydrogen (secondary N) is 1. The first-order valence-electron chi connectivity index (χ1n) is 11.9. The van der Waals surface area contributed by atoms with Gasteiger partial charge in [-0.2, -0.15) is 4.98 Å². The molecule has 1 aromatic heterocycles. The highest BCUT2D eigenvalue weighted by atomic mass is 16.3. The smallest absolute Gasteiger partial charge is 0.254 e. The van der Waals surface area contributed by atoms with Crippen LogP contribution in [0.15, 0.2) is 30.5 Å². The Bertz CT molecular complexity index is 1000. The zero-order valence-corrected chi connectivity index (χ0v) is 19.6. The summed E-state index contributed by atoms with van der Waals surface area (Å²) in [5.41, 5.74) is 7.83. The summed E-state index contributed by atoms with van der Waals surface area (Å²) in [7, 11) is 0. The molecular formula is C24H33N7O3. The number of carbonyl (C=O) groups is 2. The van der Waals surface area contributed by atoms with Gasteiger partial charge in [-0.1, -0.05) is 0 Å². The van der Waals surface area contributed by atoms with E-state index >= 15 is 0 Å². The summed E-state index contributed by atoms with van der Waals surface area (Å²) in [5.74, 6) is 0.455. The zero-order chi connectivity index (χ0) is 24.1. The minimum Gasteiger partial charge on any atom is -0.396 e. The van der Waals surface area contributed by atoms with E-state index in [2.05, 4.69) is 25.1 Å². The monoisotopic (exact) mass is 467 g/mol. The largest absolute Gasteiger partial charge is 0.396 e. The molecule has 10 nitrogen and oxygen atoms in total. The minimum atomic E-state index is -0.566. The fourth-order valence-corrected chi connectivity index (χ4v) is 4.72. The molecule has 1 aromatic carbocycles. The standard InChI is InChI=1S/C24H33N7O3/c1-17(33)29-11-13-30(14-12-29)19-7-5-18(6-8-19)27-24-26-16-21(22(25)34)23(28-24)31-10-3-2-4-20(31)9-15-32/h5-8,16,20,32H,2-4,9-15H2,1H3,(H2,25,34)(H,26,27,28). The van der Waals surface area contributed by atoms with Crippen molar-refractivity contribution in [3.8, 4) is 0 Å². The van der Waals surface area contributed by atoms with Gasteiger partial charge in [0.15, 0.2) is 0 Å². The number of aliphatic hydroxyl groups is 1. The predicted octanol–water partition coefficient (Wildman–Crippen LogP) is 1.73. The SMILES string of the molecule is CC(=O)N1CCN(c2ccc(Nc3ncc(C(N)=O)c(N4CCCCC4CCO)n3)cc2)CC1. The van der Waals surface area contributed by atoms with E-state index < -0.39 is 5.91 Å². The van der Waals surface area contributed by atoms with Crippen molar-refractivity contribution in [2.45, 2.75) is 38.6 Å². The molecular weight excluding hydrogens is 434 g/mol. The van der Waals surface area contributed by atoms with Gasteiger partial charge in [-0.3, -0.25) is 9.59 Å². The van der Waals surface area contributed by atoms with Gasteiger partial charge in [-0.15, -0.1) is 0 Å². The lowest BCUT2D eigenvalue weighted by molar-refractivity contribution is -0.129. The Morgan fingerprint density at radius 3 is 2.50 bits per heavy atom. The molecule has 2 amide bonds. The van der Waals surface area contributed by atoms with Crippen molar-refractivity contribution in [2.75, 3.05) is 54.4 Å². The van der Waals surface area contributed by atoms with E-state index in [1.54, 1.807) is 6.92 Å². The molecule has 1 unspecified atom stereocenters. The molecule has 4 rings (SSSR count). The number of benzene rings is 1. The number of nitrogens with zero attached hydrogens (tertiary/aromatic N) is 5. The Balaban J connectivity index is 1.49. The number of amides is 2. The van der Waals surface area contributed by atoms with Gasteiger partial charge in [-0.25, -0.2) is 4.98 Å².